The van der Waals surface area contributed by atoms with Crippen molar-refractivity contribution < 1.29 is 4.80 Å². The maximum atomic E-state index is 8.84. The normalized spacial score (nSPS) is 11.0. The van der Waals surface area contributed by atoms with Crippen molar-refractivity contribution in [3.8, 4) is 0 Å². The topological polar surface area (TPSA) is 20.2 Å². The van der Waals surface area contributed by atoms with Gasteiger partial charge in [0, 0.05) is 0 Å². The zero-order chi connectivity index (χ0) is 7.40. The Hall–Kier alpha value is -0.603. The molecule has 1 rings (SSSR count). The Balaban J connectivity index is 2.80. The highest BCUT2D eigenvalue weighted by molar-refractivity contribution is 6.45. The molecule has 0 saturated heterocycles. The lowest BCUT2D eigenvalue weighted by molar-refractivity contribution is 0.615. The van der Waals surface area contributed by atoms with Crippen LogP contribution >= 0.6 is 0 Å². The van der Waals surface area contributed by atoms with Crippen molar-refractivity contribution in [1.82, 2.24) is 0 Å². The molecule has 0 heterocycles. The van der Waals surface area contributed by atoms with Gasteiger partial charge in [0.15, 0.2) is 9.76 Å². The summed E-state index contributed by atoms with van der Waals surface area (Å²) >= 11 is 0. The molecule has 0 unspecified atom stereocenters. The molecule has 0 spiro atoms. The predicted molar refractivity (Wildman–Crippen MR) is 46.2 cm³/mol. The second kappa shape index (κ2) is 3.54. The van der Waals surface area contributed by atoms with E-state index >= 15 is 0 Å². The lowest BCUT2D eigenvalue weighted by Crippen LogP contribution is -2.12. The predicted octanol–water partition coefficient (Wildman–Crippen LogP) is -0.0496. The Kier molecular flexibility index (Phi) is 2.65. The van der Waals surface area contributed by atoms with Crippen LogP contribution in [-0.2, 0) is 6.42 Å². The zero-order valence-electron chi connectivity index (χ0n) is 6.17. The molecule has 0 atom stereocenters. The van der Waals surface area contributed by atoms with Gasteiger partial charge in [0.05, 0.1) is 0 Å². The van der Waals surface area contributed by atoms with Crippen LogP contribution in [0, 0.1) is 0 Å². The monoisotopic (exact) mass is 152 g/mol. The average molecular weight is 152 g/mol. The molecular formula is C8H12OSi. The van der Waals surface area contributed by atoms with Crippen molar-refractivity contribution in [1.29, 1.82) is 0 Å². The van der Waals surface area contributed by atoms with E-state index in [-0.39, 0.29) is 0 Å². The third-order valence-electron chi connectivity index (χ3n) is 1.61. The summed E-state index contributed by atoms with van der Waals surface area (Å²) in [4.78, 5) is 8.84. The molecule has 10 heavy (non-hydrogen) atoms. The van der Waals surface area contributed by atoms with Gasteiger partial charge >= 0.3 is 0 Å². The first kappa shape index (κ1) is 7.50. The second-order valence-electron chi connectivity index (χ2n) is 2.33. The van der Waals surface area contributed by atoms with Gasteiger partial charge in [-0.05, 0) is 17.2 Å². The van der Waals surface area contributed by atoms with Gasteiger partial charge in [-0.1, -0.05) is 31.2 Å². The van der Waals surface area contributed by atoms with E-state index in [2.05, 4.69) is 19.1 Å². The summed E-state index contributed by atoms with van der Waals surface area (Å²) in [5, 5.41) is 1.12. The van der Waals surface area contributed by atoms with Gasteiger partial charge in [-0.25, -0.2) is 0 Å². The summed E-state index contributed by atoms with van der Waals surface area (Å²) in [6.07, 6.45) is 1.08. The smallest absolute Gasteiger partial charge is 0.187 e. The van der Waals surface area contributed by atoms with Crippen molar-refractivity contribution in [2.75, 3.05) is 0 Å². The third kappa shape index (κ3) is 1.69. The summed E-state index contributed by atoms with van der Waals surface area (Å²) in [6.45, 7) is 2.13. The first-order valence-electron chi connectivity index (χ1n) is 3.55. The molecule has 0 saturated carbocycles. The van der Waals surface area contributed by atoms with E-state index < -0.39 is 9.76 Å². The Morgan fingerprint density at radius 1 is 1.30 bits per heavy atom. The Bertz CT molecular complexity index is 170. The van der Waals surface area contributed by atoms with Crippen LogP contribution in [0.2, 0.25) is 0 Å². The minimum absolute atomic E-state index is 0.932. The first-order valence-corrected chi connectivity index (χ1v) is 4.89. The van der Waals surface area contributed by atoms with E-state index in [0.29, 0.717) is 0 Å². The standard InChI is InChI=1S/C8H12OSi/c1-2-7-3-5-8(10-9)6-4-7/h3-6,9H,2,10H2,1H3. The number of benzene rings is 1. The molecule has 0 aliphatic carbocycles. The zero-order valence-corrected chi connectivity index (χ0v) is 7.59. The summed E-state index contributed by atoms with van der Waals surface area (Å²) in [6, 6.07) is 8.20. The molecule has 0 aliphatic rings. The molecule has 0 amide bonds. The van der Waals surface area contributed by atoms with Gasteiger partial charge in [-0.3, -0.25) is 0 Å². The fourth-order valence-corrected chi connectivity index (χ4v) is 1.33. The minimum atomic E-state index is -0.932. The van der Waals surface area contributed by atoms with Gasteiger partial charge < -0.3 is 4.80 Å². The van der Waals surface area contributed by atoms with E-state index in [0.717, 1.165) is 11.6 Å². The van der Waals surface area contributed by atoms with Crippen LogP contribution in [0.3, 0.4) is 0 Å². The summed E-state index contributed by atoms with van der Waals surface area (Å²) < 4.78 is 0. The van der Waals surface area contributed by atoms with Crippen molar-refractivity contribution >= 4 is 14.9 Å². The highest BCUT2D eigenvalue weighted by Crippen LogP contribution is 1.95. The van der Waals surface area contributed by atoms with E-state index in [9.17, 15) is 0 Å². The maximum Gasteiger partial charge on any atom is 0.187 e. The van der Waals surface area contributed by atoms with E-state index in [1.165, 1.54) is 5.56 Å². The molecule has 0 fully saturated rings. The molecular weight excluding hydrogens is 140 g/mol. The van der Waals surface area contributed by atoms with Crippen molar-refractivity contribution in [2.24, 2.45) is 0 Å². The number of aryl methyl sites for hydroxylation is 1. The lowest BCUT2D eigenvalue weighted by Gasteiger charge is -1.96. The molecule has 1 aromatic carbocycles. The maximum absolute atomic E-state index is 8.84. The highest BCUT2D eigenvalue weighted by Gasteiger charge is 1.89. The van der Waals surface area contributed by atoms with Gasteiger partial charge in [0.25, 0.3) is 0 Å². The molecule has 0 radical (unpaired) electrons. The van der Waals surface area contributed by atoms with E-state index in [1.54, 1.807) is 0 Å². The van der Waals surface area contributed by atoms with Gasteiger partial charge in [-0.2, -0.15) is 0 Å². The molecule has 1 aromatic rings. The lowest BCUT2D eigenvalue weighted by atomic mass is 10.2. The van der Waals surface area contributed by atoms with Crippen LogP contribution in [0.15, 0.2) is 24.3 Å². The Morgan fingerprint density at radius 3 is 2.30 bits per heavy atom. The quantitative estimate of drug-likeness (QED) is 0.589. The fraction of sp³-hybridized carbons (Fsp3) is 0.250. The molecule has 1 N–H and O–H groups in total. The van der Waals surface area contributed by atoms with Crippen LogP contribution < -0.4 is 5.19 Å². The summed E-state index contributed by atoms with van der Waals surface area (Å²) in [5.74, 6) is 0. The van der Waals surface area contributed by atoms with Crippen LogP contribution in [0.5, 0.6) is 0 Å². The molecule has 1 nitrogen and oxygen atoms in total. The second-order valence-corrected chi connectivity index (χ2v) is 3.46. The van der Waals surface area contributed by atoms with Crippen molar-refractivity contribution in [2.45, 2.75) is 13.3 Å². The molecule has 0 aromatic heterocycles. The number of rotatable bonds is 2. The molecule has 54 valence electrons. The van der Waals surface area contributed by atoms with Crippen LogP contribution in [0.1, 0.15) is 12.5 Å². The Morgan fingerprint density at radius 2 is 1.90 bits per heavy atom. The van der Waals surface area contributed by atoms with Crippen molar-refractivity contribution in [3.63, 3.8) is 0 Å². The van der Waals surface area contributed by atoms with Crippen LogP contribution in [-0.4, -0.2) is 14.6 Å². The average Bonchev–Trinajstić information content (AvgIpc) is 2.05. The molecule has 0 aliphatic heterocycles. The largest absolute Gasteiger partial charge is 0.433 e. The molecule has 0 bridgehead atoms. The van der Waals surface area contributed by atoms with Gasteiger partial charge in [-0.15, -0.1) is 0 Å². The first-order chi connectivity index (χ1) is 4.86. The number of hydrogen-bond acceptors (Lipinski definition) is 1. The fourth-order valence-electron chi connectivity index (χ4n) is 0.880. The van der Waals surface area contributed by atoms with Crippen molar-refractivity contribution in [3.05, 3.63) is 29.8 Å². The number of hydrogen-bond donors (Lipinski definition) is 1. The Labute approximate surface area is 63.7 Å². The highest BCUT2D eigenvalue weighted by atomic mass is 28.2. The van der Waals surface area contributed by atoms with Crippen LogP contribution in [0.4, 0.5) is 0 Å². The van der Waals surface area contributed by atoms with E-state index in [4.69, 9.17) is 4.80 Å². The SMILES string of the molecule is CCc1ccc([SiH2]O)cc1. The van der Waals surface area contributed by atoms with E-state index in [1.807, 2.05) is 12.1 Å². The summed E-state index contributed by atoms with van der Waals surface area (Å²) in [5.41, 5.74) is 1.34. The minimum Gasteiger partial charge on any atom is -0.433 e. The third-order valence-corrected chi connectivity index (χ3v) is 2.45. The van der Waals surface area contributed by atoms with Gasteiger partial charge in [0.1, 0.15) is 0 Å². The van der Waals surface area contributed by atoms with Crippen LogP contribution in [0.25, 0.3) is 0 Å². The molecule has 2 heteroatoms. The van der Waals surface area contributed by atoms with Gasteiger partial charge in [0.2, 0.25) is 0 Å². The summed E-state index contributed by atoms with van der Waals surface area (Å²) in [7, 11) is -0.932.